The number of hydrogen-bond acceptors (Lipinski definition) is 2. The molecule has 0 amide bonds. The number of cyclic esters (lactones) is 1. The number of benzene rings is 1. The quantitative estimate of drug-likeness (QED) is 0.612. The highest BCUT2D eigenvalue weighted by Gasteiger charge is 2.32. The maximum atomic E-state index is 11.4. The lowest BCUT2D eigenvalue weighted by Crippen LogP contribution is -2.05. The third-order valence-corrected chi connectivity index (χ3v) is 2.37. The van der Waals surface area contributed by atoms with Gasteiger partial charge in [0.15, 0.2) is 0 Å². The predicted molar refractivity (Wildman–Crippen MR) is 49.4 cm³/mol. The fourth-order valence-electron chi connectivity index (χ4n) is 1.71. The number of hydrogen-bond donors (Lipinski definition) is 0. The Morgan fingerprint density at radius 2 is 2.00 bits per heavy atom. The van der Waals surface area contributed by atoms with Gasteiger partial charge in [-0.3, -0.25) is 4.79 Å². The average Bonchev–Trinajstić information content (AvgIpc) is 2.47. The molecule has 0 saturated carbocycles. The van der Waals surface area contributed by atoms with Crippen molar-refractivity contribution in [1.82, 2.24) is 0 Å². The maximum absolute atomic E-state index is 11.4. The van der Waals surface area contributed by atoms with Crippen LogP contribution in [-0.4, -0.2) is 12.1 Å². The van der Waals surface area contributed by atoms with Crippen LogP contribution in [0.15, 0.2) is 30.3 Å². The van der Waals surface area contributed by atoms with Crippen molar-refractivity contribution < 1.29 is 9.53 Å². The Labute approximate surface area is 77.5 Å². The largest absolute Gasteiger partial charge is 0.462 e. The lowest BCUT2D eigenvalue weighted by molar-refractivity contribution is -0.141. The smallest absolute Gasteiger partial charge is 0.313 e. The van der Waals surface area contributed by atoms with E-state index < -0.39 is 0 Å². The van der Waals surface area contributed by atoms with Crippen LogP contribution in [0.2, 0.25) is 0 Å². The molecule has 1 aliphatic heterocycles. The van der Waals surface area contributed by atoms with Crippen molar-refractivity contribution >= 4 is 5.97 Å². The van der Waals surface area contributed by atoms with E-state index in [4.69, 9.17) is 4.74 Å². The third-order valence-electron chi connectivity index (χ3n) is 2.37. The highest BCUT2D eigenvalue weighted by molar-refractivity contribution is 5.80. The van der Waals surface area contributed by atoms with Gasteiger partial charge < -0.3 is 4.74 Å². The summed E-state index contributed by atoms with van der Waals surface area (Å²) < 4.78 is 5.09. The van der Waals surface area contributed by atoms with Crippen molar-refractivity contribution in [3.05, 3.63) is 35.9 Å². The van der Waals surface area contributed by atoms with Gasteiger partial charge in [-0.2, -0.15) is 0 Å². The van der Waals surface area contributed by atoms with Crippen molar-refractivity contribution in [1.29, 1.82) is 0 Å². The first-order valence-corrected chi connectivity index (χ1v) is 4.53. The van der Waals surface area contributed by atoms with Gasteiger partial charge in [0.1, 0.15) is 6.10 Å². The van der Waals surface area contributed by atoms with E-state index in [2.05, 4.69) is 0 Å². The lowest BCUT2D eigenvalue weighted by atomic mass is 9.96. The molecule has 0 aromatic heterocycles. The summed E-state index contributed by atoms with van der Waals surface area (Å²) in [5, 5.41) is 0. The summed E-state index contributed by atoms with van der Waals surface area (Å²) in [7, 11) is 0. The third kappa shape index (κ3) is 1.57. The fourth-order valence-corrected chi connectivity index (χ4v) is 1.71. The second kappa shape index (κ2) is 3.21. The molecule has 1 fully saturated rings. The van der Waals surface area contributed by atoms with Gasteiger partial charge >= 0.3 is 5.97 Å². The Bertz CT molecular complexity index is 305. The fraction of sp³-hybridized carbons (Fsp3) is 0.364. The van der Waals surface area contributed by atoms with Crippen molar-refractivity contribution in [2.45, 2.75) is 25.4 Å². The minimum atomic E-state index is -0.0845. The van der Waals surface area contributed by atoms with Crippen molar-refractivity contribution in [3.8, 4) is 0 Å². The number of ether oxygens (including phenoxy) is 1. The van der Waals surface area contributed by atoms with Crippen LogP contribution in [0.25, 0.3) is 0 Å². The van der Waals surface area contributed by atoms with Crippen LogP contribution >= 0.6 is 0 Å². The van der Waals surface area contributed by atoms with Gasteiger partial charge in [-0.25, -0.2) is 0 Å². The molecule has 1 heterocycles. The molecular weight excluding hydrogens is 164 g/mol. The summed E-state index contributed by atoms with van der Waals surface area (Å²) in [4.78, 5) is 11.4. The molecule has 0 bridgehead atoms. The Hall–Kier alpha value is -1.31. The lowest BCUT2D eigenvalue weighted by Gasteiger charge is -2.03. The van der Waals surface area contributed by atoms with Gasteiger partial charge in [0, 0.05) is 6.42 Å². The monoisotopic (exact) mass is 176 g/mol. The molecule has 0 radical (unpaired) electrons. The zero-order valence-corrected chi connectivity index (χ0v) is 7.57. The summed E-state index contributed by atoms with van der Waals surface area (Å²) in [5.41, 5.74) is 1.07. The number of carbonyl (C=O) groups excluding carboxylic acids is 1. The summed E-state index contributed by atoms with van der Waals surface area (Å²) >= 11 is 0. The zero-order chi connectivity index (χ0) is 9.26. The molecule has 0 unspecified atom stereocenters. The number of rotatable bonds is 1. The first-order valence-electron chi connectivity index (χ1n) is 4.53. The molecule has 2 nitrogen and oxygen atoms in total. The second-order valence-electron chi connectivity index (χ2n) is 3.45. The van der Waals surface area contributed by atoms with Crippen molar-refractivity contribution in [2.24, 2.45) is 0 Å². The summed E-state index contributed by atoms with van der Waals surface area (Å²) in [6.45, 7) is 1.93. The van der Waals surface area contributed by atoms with Crippen molar-refractivity contribution in [2.75, 3.05) is 0 Å². The van der Waals surface area contributed by atoms with Crippen LogP contribution in [0, 0.1) is 0 Å². The average molecular weight is 176 g/mol. The zero-order valence-electron chi connectivity index (χ0n) is 7.57. The Kier molecular flexibility index (Phi) is 2.05. The van der Waals surface area contributed by atoms with Crippen molar-refractivity contribution in [3.63, 3.8) is 0 Å². The minimum absolute atomic E-state index is 0.0452. The van der Waals surface area contributed by atoms with Crippen LogP contribution in [0.5, 0.6) is 0 Å². The van der Waals surface area contributed by atoms with Crippen LogP contribution in [0.1, 0.15) is 24.8 Å². The van der Waals surface area contributed by atoms with E-state index in [-0.39, 0.29) is 18.0 Å². The van der Waals surface area contributed by atoms with E-state index >= 15 is 0 Å². The molecule has 2 atom stereocenters. The maximum Gasteiger partial charge on any atom is 0.313 e. The molecule has 68 valence electrons. The summed E-state index contributed by atoms with van der Waals surface area (Å²) in [5.74, 6) is -0.130. The van der Waals surface area contributed by atoms with Gasteiger partial charge in [0.25, 0.3) is 0 Å². The van der Waals surface area contributed by atoms with Gasteiger partial charge in [-0.05, 0) is 12.5 Å². The molecular formula is C11H12O2. The number of carbonyl (C=O) groups is 1. The normalized spacial score (nSPS) is 27.3. The highest BCUT2D eigenvalue weighted by Crippen LogP contribution is 2.29. The molecule has 1 saturated heterocycles. The van der Waals surface area contributed by atoms with E-state index in [1.807, 2.05) is 37.3 Å². The Morgan fingerprint density at radius 1 is 1.31 bits per heavy atom. The molecule has 0 N–H and O–H groups in total. The summed E-state index contributed by atoms with van der Waals surface area (Å²) in [6, 6.07) is 9.80. The minimum Gasteiger partial charge on any atom is -0.462 e. The molecule has 2 rings (SSSR count). The van der Waals surface area contributed by atoms with Gasteiger partial charge in [-0.1, -0.05) is 30.3 Å². The van der Waals surface area contributed by atoms with E-state index in [9.17, 15) is 4.79 Å². The molecule has 1 aromatic rings. The molecule has 1 aliphatic rings. The van der Waals surface area contributed by atoms with E-state index in [0.29, 0.717) is 0 Å². The predicted octanol–water partition coefficient (Wildman–Crippen LogP) is 2.11. The van der Waals surface area contributed by atoms with E-state index in [0.717, 1.165) is 12.0 Å². The molecule has 2 heteroatoms. The first-order chi connectivity index (χ1) is 6.27. The van der Waals surface area contributed by atoms with Gasteiger partial charge in [0.2, 0.25) is 0 Å². The number of esters is 1. The molecule has 0 spiro atoms. The van der Waals surface area contributed by atoms with Gasteiger partial charge in [-0.15, -0.1) is 0 Å². The first kappa shape index (κ1) is 8.30. The molecule has 1 aromatic carbocycles. The standard InChI is InChI=1S/C11H12O2/c1-8-7-10(11(12)13-8)9-5-3-2-4-6-9/h2-6,8,10H,7H2,1H3/t8-,10-/m1/s1. The van der Waals surface area contributed by atoms with Crippen LogP contribution in [0.4, 0.5) is 0 Å². The SMILES string of the molecule is C[C@@H]1C[C@H](c2ccccc2)C(=O)O1. The van der Waals surface area contributed by atoms with E-state index in [1.54, 1.807) is 0 Å². The van der Waals surface area contributed by atoms with Crippen LogP contribution in [0.3, 0.4) is 0 Å². The summed E-state index contributed by atoms with van der Waals surface area (Å²) in [6.07, 6.45) is 0.876. The van der Waals surface area contributed by atoms with Crippen LogP contribution < -0.4 is 0 Å². The second-order valence-corrected chi connectivity index (χ2v) is 3.45. The molecule has 0 aliphatic carbocycles. The Morgan fingerprint density at radius 3 is 2.54 bits per heavy atom. The van der Waals surface area contributed by atoms with E-state index in [1.165, 1.54) is 0 Å². The topological polar surface area (TPSA) is 26.3 Å². The van der Waals surface area contributed by atoms with Crippen LogP contribution in [-0.2, 0) is 9.53 Å². The Balaban J connectivity index is 2.23. The molecule has 13 heavy (non-hydrogen) atoms. The highest BCUT2D eigenvalue weighted by atomic mass is 16.5. The van der Waals surface area contributed by atoms with Gasteiger partial charge in [0.05, 0.1) is 5.92 Å².